The number of ether oxygens (including phenoxy) is 2. The number of nitrogens with zero attached hydrogens (tertiary/aromatic N) is 2. The average molecular weight is 591 g/mol. The minimum atomic E-state index is -5.08. The molecule has 0 radical (unpaired) electrons. The summed E-state index contributed by atoms with van der Waals surface area (Å²) in [5.74, 6) is -3.47. The number of alkyl halides is 6. The molecule has 9 nitrogen and oxygen atoms in total. The number of nitrogens with one attached hydrogen (secondary N) is 1. The van der Waals surface area contributed by atoms with Crippen LogP contribution in [0.3, 0.4) is 0 Å². The van der Waals surface area contributed by atoms with Crippen LogP contribution in [0.25, 0.3) is 21.3 Å². The highest BCUT2D eigenvalue weighted by atomic mass is 32.1. The average Bonchev–Trinajstić information content (AvgIpc) is 3.58. The highest BCUT2D eigenvalue weighted by molar-refractivity contribution is 7.18. The second-order valence-corrected chi connectivity index (χ2v) is 9.05. The van der Waals surface area contributed by atoms with Crippen LogP contribution < -0.4 is 9.47 Å². The van der Waals surface area contributed by atoms with Crippen LogP contribution in [-0.4, -0.2) is 63.4 Å². The molecule has 2 aromatic carbocycles. The van der Waals surface area contributed by atoms with Gasteiger partial charge in [0.05, 0.1) is 24.6 Å². The number of rotatable bonds is 3. The van der Waals surface area contributed by atoms with E-state index in [0.717, 1.165) is 44.3 Å². The first kappa shape index (κ1) is 30.2. The van der Waals surface area contributed by atoms with Gasteiger partial charge in [0, 0.05) is 17.7 Å². The van der Waals surface area contributed by atoms with Crippen LogP contribution >= 0.6 is 11.3 Å². The molecular weight excluding hydrogens is 572 g/mol. The van der Waals surface area contributed by atoms with Crippen molar-refractivity contribution in [3.05, 3.63) is 59.4 Å². The Labute approximate surface area is 225 Å². The summed E-state index contributed by atoms with van der Waals surface area (Å²) in [5, 5.41) is 22.2. The van der Waals surface area contributed by atoms with E-state index >= 15 is 0 Å². The second kappa shape index (κ2) is 12.2. The monoisotopic (exact) mass is 591 g/mol. The SMILES string of the molecule is COc1cc(-c2cn[nH]c2)cc2sc(C3COc4ccccc4C3)nc12.O=C(O)C(F)(F)F.O=C(O)C(F)(F)F. The highest BCUT2D eigenvalue weighted by Crippen LogP contribution is 2.40. The van der Waals surface area contributed by atoms with Crippen LogP contribution in [0.5, 0.6) is 11.5 Å². The van der Waals surface area contributed by atoms with Gasteiger partial charge in [0.25, 0.3) is 0 Å². The Bertz CT molecular complexity index is 1450. The first-order valence-electron chi connectivity index (χ1n) is 11.0. The van der Waals surface area contributed by atoms with E-state index in [1.165, 1.54) is 5.56 Å². The molecule has 0 fully saturated rings. The molecule has 3 N–H and O–H groups in total. The Hall–Kier alpha value is -4.34. The number of thiazole rings is 1. The van der Waals surface area contributed by atoms with E-state index in [0.29, 0.717) is 6.61 Å². The Morgan fingerprint density at radius 2 is 1.68 bits per heavy atom. The number of benzene rings is 2. The van der Waals surface area contributed by atoms with Gasteiger partial charge in [-0.1, -0.05) is 18.2 Å². The highest BCUT2D eigenvalue weighted by Gasteiger charge is 2.38. The number of carbonyl (C=O) groups is 2. The molecule has 1 atom stereocenters. The number of hydrogen-bond acceptors (Lipinski definition) is 7. The molecule has 5 rings (SSSR count). The zero-order valence-electron chi connectivity index (χ0n) is 20.2. The van der Waals surface area contributed by atoms with E-state index in [4.69, 9.17) is 34.3 Å². The quantitative estimate of drug-likeness (QED) is 0.259. The van der Waals surface area contributed by atoms with E-state index in [-0.39, 0.29) is 5.92 Å². The maximum atomic E-state index is 10.6. The van der Waals surface area contributed by atoms with Crippen molar-refractivity contribution in [2.75, 3.05) is 13.7 Å². The number of H-pyrrole nitrogens is 1. The standard InChI is InChI=1S/C20H17N3O2S.2C2HF3O2/c1-24-17-7-13(15-9-21-22-10-15)8-18-19(17)23-20(26-18)14-6-12-4-2-3-5-16(12)25-11-14;2*3-2(4,5)1(6)7/h2-5,7-10,14H,6,11H2,1H3,(H,21,22);2*(H,6,7). The predicted octanol–water partition coefficient (Wildman–Crippen LogP) is 5.68. The minimum Gasteiger partial charge on any atom is -0.494 e. The van der Waals surface area contributed by atoms with Crippen molar-refractivity contribution in [2.24, 2.45) is 0 Å². The first-order valence-corrected chi connectivity index (χ1v) is 11.8. The van der Waals surface area contributed by atoms with Crippen molar-refractivity contribution in [1.82, 2.24) is 15.2 Å². The van der Waals surface area contributed by atoms with Crippen molar-refractivity contribution in [3.8, 4) is 22.6 Å². The molecule has 1 aliphatic rings. The fourth-order valence-corrected chi connectivity index (χ4v) is 4.52. The van der Waals surface area contributed by atoms with Crippen LogP contribution in [-0.2, 0) is 16.0 Å². The number of hydrogen-bond donors (Lipinski definition) is 3. The van der Waals surface area contributed by atoms with Crippen molar-refractivity contribution >= 4 is 33.5 Å². The number of fused-ring (bicyclic) bond motifs is 2. The zero-order chi connectivity index (χ0) is 29.7. The fraction of sp³-hybridized carbons (Fsp3) is 0.250. The molecule has 4 aromatic rings. The van der Waals surface area contributed by atoms with Crippen LogP contribution in [0.2, 0.25) is 0 Å². The summed E-state index contributed by atoms with van der Waals surface area (Å²) in [5.41, 5.74) is 4.27. The van der Waals surface area contributed by atoms with Gasteiger partial charge in [0.1, 0.15) is 22.0 Å². The second-order valence-electron chi connectivity index (χ2n) is 7.99. The normalized spacial score (nSPS) is 14.5. The summed E-state index contributed by atoms with van der Waals surface area (Å²) in [7, 11) is 1.69. The van der Waals surface area contributed by atoms with Crippen LogP contribution in [0.15, 0.2) is 48.8 Å². The number of aliphatic carboxylic acids is 2. The maximum Gasteiger partial charge on any atom is 0.490 e. The lowest BCUT2D eigenvalue weighted by Crippen LogP contribution is -2.21. The topological polar surface area (TPSA) is 135 Å². The van der Waals surface area contributed by atoms with E-state index in [1.807, 2.05) is 30.6 Å². The molecule has 0 aliphatic carbocycles. The summed E-state index contributed by atoms with van der Waals surface area (Å²) < 4.78 is 76.1. The van der Waals surface area contributed by atoms with Gasteiger partial charge in [-0.15, -0.1) is 11.3 Å². The van der Waals surface area contributed by atoms with Gasteiger partial charge < -0.3 is 19.7 Å². The lowest BCUT2D eigenvalue weighted by Gasteiger charge is -2.23. The Kier molecular flexibility index (Phi) is 9.24. The Morgan fingerprint density at radius 1 is 1.05 bits per heavy atom. The van der Waals surface area contributed by atoms with Gasteiger partial charge in [-0.25, -0.2) is 14.6 Å². The smallest absolute Gasteiger partial charge is 0.490 e. The number of carboxylic acids is 2. The van der Waals surface area contributed by atoms with E-state index in [9.17, 15) is 26.3 Å². The molecule has 3 heterocycles. The lowest BCUT2D eigenvalue weighted by molar-refractivity contribution is -0.193. The fourth-order valence-electron chi connectivity index (χ4n) is 3.41. The third kappa shape index (κ3) is 7.62. The van der Waals surface area contributed by atoms with Crippen molar-refractivity contribution in [1.29, 1.82) is 0 Å². The Balaban J connectivity index is 0.000000263. The predicted molar refractivity (Wildman–Crippen MR) is 130 cm³/mol. The third-order valence-corrected chi connectivity index (χ3v) is 6.41. The van der Waals surface area contributed by atoms with E-state index < -0.39 is 24.3 Å². The van der Waals surface area contributed by atoms with Crippen LogP contribution in [0.4, 0.5) is 26.3 Å². The van der Waals surface area contributed by atoms with Crippen LogP contribution in [0, 0.1) is 0 Å². The maximum absolute atomic E-state index is 10.6. The largest absolute Gasteiger partial charge is 0.494 e. The molecule has 0 amide bonds. The van der Waals surface area contributed by atoms with Crippen molar-refractivity contribution in [3.63, 3.8) is 0 Å². The third-order valence-electron chi connectivity index (χ3n) is 5.24. The molecule has 40 heavy (non-hydrogen) atoms. The minimum absolute atomic E-state index is 0.268. The molecule has 0 bridgehead atoms. The summed E-state index contributed by atoms with van der Waals surface area (Å²) >= 11 is 1.72. The number of para-hydroxylation sites is 1. The molecule has 1 aliphatic heterocycles. The Morgan fingerprint density at radius 3 is 2.23 bits per heavy atom. The first-order chi connectivity index (χ1) is 18.7. The van der Waals surface area contributed by atoms with E-state index in [1.54, 1.807) is 18.4 Å². The number of aromatic amines is 1. The molecular formula is C24H19F6N3O6S. The van der Waals surface area contributed by atoms with E-state index in [2.05, 4.69) is 28.4 Å². The zero-order valence-corrected chi connectivity index (χ0v) is 21.0. The molecule has 2 aromatic heterocycles. The van der Waals surface area contributed by atoms with Crippen molar-refractivity contribution < 1.29 is 55.6 Å². The molecule has 0 spiro atoms. The summed E-state index contributed by atoms with van der Waals surface area (Å²) in [6, 6.07) is 12.4. The summed E-state index contributed by atoms with van der Waals surface area (Å²) in [6.07, 6.45) is -5.52. The number of methoxy groups -OCH3 is 1. The van der Waals surface area contributed by atoms with Gasteiger partial charge >= 0.3 is 24.3 Å². The lowest BCUT2D eigenvalue weighted by atomic mass is 9.97. The molecule has 0 saturated carbocycles. The molecule has 214 valence electrons. The molecule has 1 unspecified atom stereocenters. The van der Waals surface area contributed by atoms with Gasteiger partial charge in [0.2, 0.25) is 0 Å². The van der Waals surface area contributed by atoms with Crippen molar-refractivity contribution in [2.45, 2.75) is 24.7 Å². The number of carboxylic acid groups (broad SMARTS) is 2. The van der Waals surface area contributed by atoms with Gasteiger partial charge in [-0.05, 0) is 35.7 Å². The number of halogens is 6. The summed E-state index contributed by atoms with van der Waals surface area (Å²) in [6.45, 7) is 0.660. The number of aromatic nitrogens is 3. The van der Waals surface area contributed by atoms with Gasteiger partial charge in [-0.3, -0.25) is 5.10 Å². The summed E-state index contributed by atoms with van der Waals surface area (Å²) in [4.78, 5) is 22.7. The van der Waals surface area contributed by atoms with Gasteiger partial charge in [0.15, 0.2) is 0 Å². The molecule has 16 heteroatoms. The van der Waals surface area contributed by atoms with Gasteiger partial charge in [-0.2, -0.15) is 31.4 Å². The molecule has 0 saturated heterocycles. The van der Waals surface area contributed by atoms with Crippen LogP contribution in [0.1, 0.15) is 16.5 Å².